The SMILES string of the molecule is CNc1nc(C)cn1CC(C)C1CC1. The standard InChI is InChI=1S/C11H19N3/c1-8(10-4-5-10)6-14-7-9(2)13-11(14)12-3/h7-8,10H,4-6H2,1-3H3,(H,12,13). The quantitative estimate of drug-likeness (QED) is 0.795. The van der Waals surface area contributed by atoms with Crippen LogP contribution in [0.5, 0.6) is 0 Å². The lowest BCUT2D eigenvalue weighted by Crippen LogP contribution is -2.11. The zero-order chi connectivity index (χ0) is 10.1. The molecule has 0 amide bonds. The monoisotopic (exact) mass is 193 g/mol. The topological polar surface area (TPSA) is 29.9 Å². The number of rotatable bonds is 4. The van der Waals surface area contributed by atoms with Gasteiger partial charge in [-0.3, -0.25) is 0 Å². The van der Waals surface area contributed by atoms with Crippen LogP contribution in [0.1, 0.15) is 25.5 Å². The lowest BCUT2D eigenvalue weighted by atomic mass is 10.1. The lowest BCUT2D eigenvalue weighted by Gasteiger charge is -2.12. The fraction of sp³-hybridized carbons (Fsp3) is 0.727. The molecule has 78 valence electrons. The highest BCUT2D eigenvalue weighted by molar-refractivity contribution is 5.27. The van der Waals surface area contributed by atoms with Crippen LogP contribution in [0.4, 0.5) is 5.95 Å². The molecule has 1 saturated carbocycles. The molecule has 1 aromatic heterocycles. The van der Waals surface area contributed by atoms with Crippen LogP contribution < -0.4 is 5.32 Å². The molecule has 0 radical (unpaired) electrons. The molecular weight excluding hydrogens is 174 g/mol. The van der Waals surface area contributed by atoms with Gasteiger partial charge in [-0.05, 0) is 31.6 Å². The third-order valence-electron chi connectivity index (χ3n) is 3.03. The number of imidazole rings is 1. The molecule has 0 bridgehead atoms. The molecule has 1 N–H and O–H groups in total. The molecule has 2 rings (SSSR count). The highest BCUT2D eigenvalue weighted by atomic mass is 15.2. The van der Waals surface area contributed by atoms with Gasteiger partial charge in [0.1, 0.15) is 0 Å². The number of aromatic nitrogens is 2. The third-order valence-corrected chi connectivity index (χ3v) is 3.03. The molecule has 1 heterocycles. The molecule has 0 saturated heterocycles. The summed E-state index contributed by atoms with van der Waals surface area (Å²) in [4.78, 5) is 4.41. The summed E-state index contributed by atoms with van der Waals surface area (Å²) in [6.45, 7) is 5.48. The smallest absolute Gasteiger partial charge is 0.202 e. The minimum Gasteiger partial charge on any atom is -0.359 e. The summed E-state index contributed by atoms with van der Waals surface area (Å²) in [7, 11) is 1.93. The maximum absolute atomic E-state index is 4.41. The number of hydrogen-bond acceptors (Lipinski definition) is 2. The van der Waals surface area contributed by atoms with E-state index in [1.165, 1.54) is 12.8 Å². The largest absolute Gasteiger partial charge is 0.359 e. The number of nitrogens with zero attached hydrogens (tertiary/aromatic N) is 2. The Kier molecular flexibility index (Phi) is 2.48. The number of anilines is 1. The summed E-state index contributed by atoms with van der Waals surface area (Å²) in [5.74, 6) is 2.74. The van der Waals surface area contributed by atoms with Crippen LogP contribution in [0.15, 0.2) is 6.20 Å². The summed E-state index contributed by atoms with van der Waals surface area (Å²) in [6.07, 6.45) is 4.97. The Morgan fingerprint density at radius 3 is 2.93 bits per heavy atom. The number of hydrogen-bond donors (Lipinski definition) is 1. The van der Waals surface area contributed by atoms with Crippen molar-refractivity contribution in [2.45, 2.75) is 33.2 Å². The molecular formula is C11H19N3. The van der Waals surface area contributed by atoms with E-state index in [4.69, 9.17) is 0 Å². The number of aryl methyl sites for hydroxylation is 1. The van der Waals surface area contributed by atoms with Gasteiger partial charge in [0.25, 0.3) is 0 Å². The van der Waals surface area contributed by atoms with E-state index in [0.29, 0.717) is 0 Å². The van der Waals surface area contributed by atoms with E-state index < -0.39 is 0 Å². The summed E-state index contributed by atoms with van der Waals surface area (Å²) in [5.41, 5.74) is 1.09. The molecule has 1 aliphatic rings. The van der Waals surface area contributed by atoms with Crippen LogP contribution in [0.2, 0.25) is 0 Å². The van der Waals surface area contributed by atoms with Gasteiger partial charge in [0.15, 0.2) is 0 Å². The molecule has 1 fully saturated rings. The van der Waals surface area contributed by atoms with Crippen molar-refractivity contribution >= 4 is 5.95 Å². The molecule has 1 unspecified atom stereocenters. The Morgan fingerprint density at radius 1 is 1.64 bits per heavy atom. The van der Waals surface area contributed by atoms with Crippen LogP contribution >= 0.6 is 0 Å². The second-order valence-corrected chi connectivity index (χ2v) is 4.42. The molecule has 0 aliphatic heterocycles. The fourth-order valence-corrected chi connectivity index (χ4v) is 2.01. The zero-order valence-electron chi connectivity index (χ0n) is 9.25. The molecule has 0 aromatic carbocycles. The third kappa shape index (κ3) is 1.91. The molecule has 0 spiro atoms. The van der Waals surface area contributed by atoms with E-state index in [-0.39, 0.29) is 0 Å². The summed E-state index contributed by atoms with van der Waals surface area (Å²) in [6, 6.07) is 0. The van der Waals surface area contributed by atoms with Gasteiger partial charge in [-0.15, -0.1) is 0 Å². The Labute approximate surface area is 85.5 Å². The van der Waals surface area contributed by atoms with Gasteiger partial charge in [0.2, 0.25) is 5.95 Å². The first-order valence-corrected chi connectivity index (χ1v) is 5.42. The van der Waals surface area contributed by atoms with E-state index in [1.807, 2.05) is 14.0 Å². The van der Waals surface area contributed by atoms with Crippen LogP contribution in [-0.4, -0.2) is 16.6 Å². The summed E-state index contributed by atoms with van der Waals surface area (Å²) >= 11 is 0. The predicted molar refractivity (Wildman–Crippen MR) is 58.4 cm³/mol. The average Bonchev–Trinajstić information content (AvgIpc) is 2.92. The van der Waals surface area contributed by atoms with E-state index >= 15 is 0 Å². The van der Waals surface area contributed by atoms with Gasteiger partial charge in [0.05, 0.1) is 5.69 Å². The highest BCUT2D eigenvalue weighted by Gasteiger charge is 2.28. The van der Waals surface area contributed by atoms with Crippen molar-refractivity contribution in [1.82, 2.24) is 9.55 Å². The van der Waals surface area contributed by atoms with Crippen LogP contribution in [0.3, 0.4) is 0 Å². The minimum absolute atomic E-state index is 0.788. The normalized spacial score (nSPS) is 18.2. The van der Waals surface area contributed by atoms with Gasteiger partial charge in [-0.1, -0.05) is 6.92 Å². The van der Waals surface area contributed by atoms with Gasteiger partial charge in [-0.25, -0.2) is 4.98 Å². The Bertz CT molecular complexity index is 312. The van der Waals surface area contributed by atoms with Crippen LogP contribution in [0.25, 0.3) is 0 Å². The van der Waals surface area contributed by atoms with Crippen molar-refractivity contribution < 1.29 is 0 Å². The van der Waals surface area contributed by atoms with Crippen molar-refractivity contribution in [2.75, 3.05) is 12.4 Å². The van der Waals surface area contributed by atoms with E-state index in [9.17, 15) is 0 Å². The van der Waals surface area contributed by atoms with Crippen molar-refractivity contribution in [3.63, 3.8) is 0 Å². The second kappa shape index (κ2) is 3.64. The molecule has 14 heavy (non-hydrogen) atoms. The Morgan fingerprint density at radius 2 is 2.36 bits per heavy atom. The van der Waals surface area contributed by atoms with Crippen molar-refractivity contribution in [3.05, 3.63) is 11.9 Å². The van der Waals surface area contributed by atoms with Crippen molar-refractivity contribution in [2.24, 2.45) is 11.8 Å². The van der Waals surface area contributed by atoms with Crippen LogP contribution in [0, 0.1) is 18.8 Å². The summed E-state index contributed by atoms with van der Waals surface area (Å²) < 4.78 is 2.23. The first kappa shape index (κ1) is 9.56. The maximum Gasteiger partial charge on any atom is 0.202 e. The molecule has 1 aromatic rings. The van der Waals surface area contributed by atoms with E-state index in [0.717, 1.165) is 30.0 Å². The summed E-state index contributed by atoms with van der Waals surface area (Å²) in [5, 5.41) is 3.13. The van der Waals surface area contributed by atoms with Gasteiger partial charge < -0.3 is 9.88 Å². The van der Waals surface area contributed by atoms with Crippen molar-refractivity contribution in [3.8, 4) is 0 Å². The van der Waals surface area contributed by atoms with Gasteiger partial charge >= 0.3 is 0 Å². The predicted octanol–water partition coefficient (Wildman–Crippen LogP) is 2.28. The van der Waals surface area contributed by atoms with Gasteiger partial charge in [0, 0.05) is 19.8 Å². The Hall–Kier alpha value is -0.990. The molecule has 1 aliphatic carbocycles. The molecule has 1 atom stereocenters. The molecule has 3 nitrogen and oxygen atoms in total. The molecule has 3 heteroatoms. The van der Waals surface area contributed by atoms with Gasteiger partial charge in [-0.2, -0.15) is 0 Å². The Balaban J connectivity index is 2.06. The second-order valence-electron chi connectivity index (χ2n) is 4.42. The van der Waals surface area contributed by atoms with E-state index in [1.54, 1.807) is 0 Å². The number of nitrogens with one attached hydrogen (secondary N) is 1. The first-order chi connectivity index (χ1) is 6.70. The van der Waals surface area contributed by atoms with Crippen molar-refractivity contribution in [1.29, 1.82) is 0 Å². The zero-order valence-corrected chi connectivity index (χ0v) is 9.25. The minimum atomic E-state index is 0.788. The highest BCUT2D eigenvalue weighted by Crippen LogP contribution is 2.37. The van der Waals surface area contributed by atoms with Crippen LogP contribution in [-0.2, 0) is 6.54 Å². The average molecular weight is 193 g/mol. The lowest BCUT2D eigenvalue weighted by molar-refractivity contribution is 0.433. The first-order valence-electron chi connectivity index (χ1n) is 5.42. The fourth-order valence-electron chi connectivity index (χ4n) is 2.01. The van der Waals surface area contributed by atoms with E-state index in [2.05, 4.69) is 28.0 Å². The maximum atomic E-state index is 4.41.